The summed E-state index contributed by atoms with van der Waals surface area (Å²) in [5, 5.41) is 7.60. The van der Waals surface area contributed by atoms with Crippen LogP contribution < -0.4 is 5.73 Å². The van der Waals surface area contributed by atoms with Crippen LogP contribution in [0, 0.1) is 10.8 Å². The van der Waals surface area contributed by atoms with E-state index in [-0.39, 0.29) is 16.9 Å². The summed E-state index contributed by atoms with van der Waals surface area (Å²) in [5.74, 6) is -0.981. The number of isocyanates is 2. The third-order valence-electron chi connectivity index (χ3n) is 3.64. The van der Waals surface area contributed by atoms with E-state index in [1.807, 2.05) is 0 Å². The SMILES string of the molecule is C=CC(=O)O.CC1(C)CC(N=C=O)CC(C)(CN=C=O)C1.CCOC(N)=O. The van der Waals surface area contributed by atoms with Crippen LogP contribution in [0.5, 0.6) is 0 Å². The molecule has 0 heterocycles. The van der Waals surface area contributed by atoms with Crippen molar-refractivity contribution in [2.24, 2.45) is 26.5 Å². The molecular weight excluding hydrogens is 354 g/mol. The predicted octanol–water partition coefficient (Wildman–Crippen LogP) is 2.60. The summed E-state index contributed by atoms with van der Waals surface area (Å²) in [5.41, 5.74) is 4.60. The van der Waals surface area contributed by atoms with Gasteiger partial charge in [-0.15, -0.1) is 0 Å². The number of nitrogens with two attached hydrogens (primary N) is 1. The highest BCUT2D eigenvalue weighted by Crippen LogP contribution is 2.47. The molecule has 3 N–H and O–H groups in total. The van der Waals surface area contributed by atoms with E-state index < -0.39 is 12.1 Å². The molecule has 9 nitrogen and oxygen atoms in total. The maximum Gasteiger partial charge on any atom is 0.404 e. The first-order valence-corrected chi connectivity index (χ1v) is 8.33. The molecule has 1 aliphatic rings. The minimum Gasteiger partial charge on any atom is -0.478 e. The molecular formula is C18H29N3O6. The van der Waals surface area contributed by atoms with Gasteiger partial charge in [0.05, 0.1) is 19.2 Å². The molecule has 1 amide bonds. The fourth-order valence-corrected chi connectivity index (χ4v) is 3.23. The van der Waals surface area contributed by atoms with Crippen molar-refractivity contribution < 1.29 is 29.0 Å². The molecule has 1 aliphatic carbocycles. The molecule has 0 radical (unpaired) electrons. The molecule has 1 saturated carbocycles. The molecule has 0 saturated heterocycles. The molecule has 0 aliphatic heterocycles. The van der Waals surface area contributed by atoms with Gasteiger partial charge in [0.2, 0.25) is 12.2 Å². The van der Waals surface area contributed by atoms with Crippen LogP contribution in [0.1, 0.15) is 47.0 Å². The molecule has 152 valence electrons. The van der Waals surface area contributed by atoms with Crippen LogP contribution >= 0.6 is 0 Å². The Bertz CT molecular complexity index is 592. The van der Waals surface area contributed by atoms with E-state index in [2.05, 4.69) is 47.8 Å². The monoisotopic (exact) mass is 383 g/mol. The number of carbonyl (C=O) groups excluding carboxylic acids is 3. The highest BCUT2D eigenvalue weighted by atomic mass is 16.5. The third-order valence-corrected chi connectivity index (χ3v) is 3.64. The number of hydrogen-bond donors (Lipinski definition) is 2. The average Bonchev–Trinajstić information content (AvgIpc) is 2.52. The molecule has 2 unspecified atom stereocenters. The van der Waals surface area contributed by atoms with Crippen molar-refractivity contribution in [1.82, 2.24) is 0 Å². The van der Waals surface area contributed by atoms with Crippen molar-refractivity contribution in [2.45, 2.75) is 53.0 Å². The fourth-order valence-electron chi connectivity index (χ4n) is 3.23. The van der Waals surface area contributed by atoms with Crippen LogP contribution in [0.2, 0.25) is 0 Å². The van der Waals surface area contributed by atoms with Crippen molar-refractivity contribution in [2.75, 3.05) is 13.2 Å². The lowest BCUT2D eigenvalue weighted by atomic mass is 9.63. The lowest BCUT2D eigenvalue weighted by Gasteiger charge is -2.44. The number of ether oxygens (including phenoxy) is 1. The van der Waals surface area contributed by atoms with Crippen LogP contribution in [-0.2, 0) is 19.1 Å². The first-order valence-electron chi connectivity index (χ1n) is 8.33. The molecule has 0 aromatic rings. The number of carbonyl (C=O) groups is 2. The minimum atomic E-state index is -0.981. The Morgan fingerprint density at radius 3 is 2.19 bits per heavy atom. The van der Waals surface area contributed by atoms with E-state index in [0.29, 0.717) is 13.2 Å². The maximum atomic E-state index is 10.3. The molecule has 0 aromatic heterocycles. The van der Waals surface area contributed by atoms with E-state index in [9.17, 15) is 19.2 Å². The van der Waals surface area contributed by atoms with Crippen LogP contribution in [0.3, 0.4) is 0 Å². The van der Waals surface area contributed by atoms with Gasteiger partial charge in [-0.1, -0.05) is 27.4 Å². The van der Waals surface area contributed by atoms with Gasteiger partial charge >= 0.3 is 12.1 Å². The van der Waals surface area contributed by atoms with E-state index in [0.717, 1.165) is 25.3 Å². The Balaban J connectivity index is 0. The topological polar surface area (TPSA) is 148 Å². The third kappa shape index (κ3) is 15.2. The Morgan fingerprint density at radius 2 is 1.85 bits per heavy atom. The lowest BCUT2D eigenvalue weighted by molar-refractivity contribution is -0.131. The number of primary amides is 1. The number of hydrogen-bond acceptors (Lipinski definition) is 7. The van der Waals surface area contributed by atoms with Gasteiger partial charge in [0, 0.05) is 6.08 Å². The van der Waals surface area contributed by atoms with E-state index in [1.54, 1.807) is 19.1 Å². The zero-order chi connectivity index (χ0) is 21.5. The summed E-state index contributed by atoms with van der Waals surface area (Å²) in [6.45, 7) is 11.9. The number of amides is 1. The van der Waals surface area contributed by atoms with E-state index >= 15 is 0 Å². The molecule has 0 spiro atoms. The van der Waals surface area contributed by atoms with Crippen LogP contribution in [0.4, 0.5) is 4.79 Å². The summed E-state index contributed by atoms with van der Waals surface area (Å²) in [6, 6.07) is 0.00750. The van der Waals surface area contributed by atoms with Crippen molar-refractivity contribution >= 4 is 24.2 Å². The Morgan fingerprint density at radius 1 is 1.30 bits per heavy atom. The number of carboxylic acids is 1. The molecule has 27 heavy (non-hydrogen) atoms. The molecule has 0 aromatic carbocycles. The molecule has 1 rings (SSSR count). The average molecular weight is 383 g/mol. The van der Waals surface area contributed by atoms with Crippen LogP contribution in [0.15, 0.2) is 22.6 Å². The van der Waals surface area contributed by atoms with E-state index in [4.69, 9.17) is 5.11 Å². The Kier molecular flexibility index (Phi) is 13.2. The summed E-state index contributed by atoms with van der Waals surface area (Å²) >= 11 is 0. The number of nitrogens with zero attached hydrogens (tertiary/aromatic N) is 2. The first kappa shape index (κ1) is 26.5. The zero-order valence-electron chi connectivity index (χ0n) is 16.4. The van der Waals surface area contributed by atoms with Gasteiger partial charge in [0.25, 0.3) is 0 Å². The highest BCUT2D eigenvalue weighted by molar-refractivity contribution is 5.78. The Hall–Kier alpha value is -2.76. The number of aliphatic carboxylic acids is 1. The largest absolute Gasteiger partial charge is 0.478 e. The van der Waals surface area contributed by atoms with Crippen molar-refractivity contribution in [3.8, 4) is 0 Å². The van der Waals surface area contributed by atoms with Crippen molar-refractivity contribution in [3.05, 3.63) is 12.7 Å². The quantitative estimate of drug-likeness (QED) is 0.423. The van der Waals surface area contributed by atoms with Crippen molar-refractivity contribution in [3.63, 3.8) is 0 Å². The normalized spacial score (nSPS) is 22.0. The predicted molar refractivity (Wildman–Crippen MR) is 99.7 cm³/mol. The maximum absolute atomic E-state index is 10.3. The minimum absolute atomic E-state index is 0.00750. The molecule has 1 fully saturated rings. The second kappa shape index (κ2) is 13.4. The zero-order valence-corrected chi connectivity index (χ0v) is 16.4. The van der Waals surface area contributed by atoms with Crippen LogP contribution in [0.25, 0.3) is 0 Å². The molecule has 0 bridgehead atoms. The van der Waals surface area contributed by atoms with Gasteiger partial charge in [-0.25, -0.2) is 29.2 Å². The van der Waals surface area contributed by atoms with Gasteiger partial charge in [-0.3, -0.25) is 0 Å². The first-order chi connectivity index (χ1) is 12.4. The number of rotatable bonds is 5. The molecule has 9 heteroatoms. The fraction of sp³-hybridized carbons (Fsp3) is 0.667. The van der Waals surface area contributed by atoms with Gasteiger partial charge < -0.3 is 15.6 Å². The smallest absolute Gasteiger partial charge is 0.404 e. The van der Waals surface area contributed by atoms with Gasteiger partial charge in [0.15, 0.2) is 0 Å². The second-order valence-corrected chi connectivity index (χ2v) is 7.14. The van der Waals surface area contributed by atoms with Gasteiger partial charge in [-0.05, 0) is 37.0 Å². The van der Waals surface area contributed by atoms with Crippen LogP contribution in [-0.4, -0.2) is 48.5 Å². The standard InChI is InChI=1S/C12H18N2O2.C3H7NO2.C3H4O2/c1-11(2)4-10(14-9-16)5-12(3,6-11)7-13-8-15;1-2-6-3(4)5;1-2-3(4)5/h10H,4-7H2,1-3H3;2H2,1H3,(H2,4,5);2H,1H2,(H,4,5). The summed E-state index contributed by atoms with van der Waals surface area (Å²) in [6.07, 6.45) is 6.00. The number of aliphatic imine (C=N–C) groups is 2. The highest BCUT2D eigenvalue weighted by Gasteiger charge is 2.41. The Labute approximate surface area is 159 Å². The molecule has 2 atom stereocenters. The lowest BCUT2D eigenvalue weighted by Crippen LogP contribution is -2.39. The summed E-state index contributed by atoms with van der Waals surface area (Å²) < 4.78 is 4.18. The van der Waals surface area contributed by atoms with Gasteiger partial charge in [0.1, 0.15) is 0 Å². The van der Waals surface area contributed by atoms with Crippen molar-refractivity contribution in [1.29, 1.82) is 0 Å². The van der Waals surface area contributed by atoms with E-state index in [1.165, 1.54) is 0 Å². The number of carboxylic acid groups (broad SMARTS) is 1. The second-order valence-electron chi connectivity index (χ2n) is 7.14. The summed E-state index contributed by atoms with van der Waals surface area (Å²) in [7, 11) is 0. The summed E-state index contributed by atoms with van der Waals surface area (Å²) in [4.78, 5) is 46.9. The van der Waals surface area contributed by atoms with Gasteiger partial charge in [-0.2, -0.15) is 0 Å².